The highest BCUT2D eigenvalue weighted by molar-refractivity contribution is 7.09. The zero-order chi connectivity index (χ0) is 19.3. The van der Waals surface area contributed by atoms with Crippen molar-refractivity contribution in [3.05, 3.63) is 70.3 Å². The van der Waals surface area contributed by atoms with E-state index in [0.29, 0.717) is 18.7 Å². The number of thiophene rings is 1. The SMILES string of the molecule is O=C(CCCCc1cccs1)Nc1ccc2c(c1)N(C(=O)c1ccco1)CC2. The summed E-state index contributed by atoms with van der Waals surface area (Å²) in [5.74, 6) is 0.182. The molecule has 2 amide bonds. The van der Waals surface area contributed by atoms with Gasteiger partial charge in [0.1, 0.15) is 0 Å². The van der Waals surface area contributed by atoms with Gasteiger partial charge in [0.2, 0.25) is 5.91 Å². The van der Waals surface area contributed by atoms with Crippen molar-refractivity contribution in [1.82, 2.24) is 0 Å². The van der Waals surface area contributed by atoms with E-state index in [0.717, 1.165) is 42.6 Å². The van der Waals surface area contributed by atoms with Gasteiger partial charge in [0, 0.05) is 29.2 Å². The fourth-order valence-corrected chi connectivity index (χ4v) is 4.22. The van der Waals surface area contributed by atoms with E-state index < -0.39 is 0 Å². The Morgan fingerprint density at radius 2 is 2.07 bits per heavy atom. The highest BCUT2D eigenvalue weighted by Crippen LogP contribution is 2.32. The number of fused-ring (bicyclic) bond motifs is 1. The van der Waals surface area contributed by atoms with E-state index in [2.05, 4.69) is 22.8 Å². The molecule has 4 rings (SSSR count). The number of unbranched alkanes of at least 4 members (excludes halogenated alkanes) is 1. The molecule has 1 N–H and O–H groups in total. The molecular formula is C22H22N2O3S. The molecule has 2 aromatic heterocycles. The number of nitrogens with one attached hydrogen (secondary N) is 1. The number of carbonyl (C=O) groups is 2. The fraction of sp³-hybridized carbons (Fsp3) is 0.273. The molecule has 3 aromatic rings. The molecule has 1 aliphatic rings. The van der Waals surface area contributed by atoms with Crippen LogP contribution < -0.4 is 10.2 Å². The van der Waals surface area contributed by atoms with Crippen molar-refractivity contribution < 1.29 is 14.0 Å². The molecule has 1 aliphatic heterocycles. The van der Waals surface area contributed by atoms with Gasteiger partial charge in [0.05, 0.1) is 6.26 Å². The van der Waals surface area contributed by atoms with Crippen LogP contribution in [0.25, 0.3) is 0 Å². The molecule has 28 heavy (non-hydrogen) atoms. The molecule has 144 valence electrons. The van der Waals surface area contributed by atoms with Gasteiger partial charge in [-0.15, -0.1) is 11.3 Å². The van der Waals surface area contributed by atoms with E-state index in [1.54, 1.807) is 28.4 Å². The first-order valence-corrected chi connectivity index (χ1v) is 10.4. The Bertz CT molecular complexity index is 948. The van der Waals surface area contributed by atoms with E-state index in [-0.39, 0.29) is 11.8 Å². The second-order valence-electron chi connectivity index (χ2n) is 6.86. The number of amides is 2. The first kappa shape index (κ1) is 18.5. The topological polar surface area (TPSA) is 62.6 Å². The van der Waals surface area contributed by atoms with E-state index in [4.69, 9.17) is 4.42 Å². The Morgan fingerprint density at radius 1 is 1.14 bits per heavy atom. The van der Waals surface area contributed by atoms with Gasteiger partial charge in [-0.3, -0.25) is 9.59 Å². The summed E-state index contributed by atoms with van der Waals surface area (Å²) in [6.45, 7) is 0.620. The van der Waals surface area contributed by atoms with E-state index in [1.165, 1.54) is 11.1 Å². The van der Waals surface area contributed by atoms with Crippen LogP contribution in [0.15, 0.2) is 58.5 Å². The van der Waals surface area contributed by atoms with E-state index in [9.17, 15) is 9.59 Å². The van der Waals surface area contributed by atoms with Crippen LogP contribution in [0.3, 0.4) is 0 Å². The third kappa shape index (κ3) is 4.17. The summed E-state index contributed by atoms with van der Waals surface area (Å²) in [7, 11) is 0. The summed E-state index contributed by atoms with van der Waals surface area (Å²) in [6, 6.07) is 13.3. The number of benzene rings is 1. The molecule has 0 atom stereocenters. The van der Waals surface area contributed by atoms with Crippen LogP contribution in [0.5, 0.6) is 0 Å². The molecule has 5 nitrogen and oxygen atoms in total. The third-order valence-corrected chi connectivity index (χ3v) is 5.84. The number of anilines is 2. The third-order valence-electron chi connectivity index (χ3n) is 4.90. The largest absolute Gasteiger partial charge is 0.459 e. The average Bonchev–Trinajstić information content (AvgIpc) is 3.46. The minimum absolute atomic E-state index is 0.00744. The number of nitrogens with zero attached hydrogens (tertiary/aromatic N) is 1. The molecule has 0 unspecified atom stereocenters. The van der Waals surface area contributed by atoms with Crippen molar-refractivity contribution in [2.24, 2.45) is 0 Å². The number of hydrogen-bond acceptors (Lipinski definition) is 4. The van der Waals surface area contributed by atoms with Gasteiger partial charge in [-0.1, -0.05) is 12.1 Å². The summed E-state index contributed by atoms with van der Waals surface area (Å²) in [5, 5.41) is 5.04. The zero-order valence-electron chi connectivity index (χ0n) is 15.5. The first-order chi connectivity index (χ1) is 13.7. The van der Waals surface area contributed by atoms with Gasteiger partial charge in [0.25, 0.3) is 5.91 Å². The number of furan rings is 1. The number of aryl methyl sites for hydroxylation is 1. The molecule has 0 aliphatic carbocycles. The van der Waals surface area contributed by atoms with Crippen LogP contribution >= 0.6 is 11.3 Å². The molecule has 0 spiro atoms. The van der Waals surface area contributed by atoms with E-state index in [1.807, 2.05) is 18.2 Å². The summed E-state index contributed by atoms with van der Waals surface area (Å²) in [4.78, 5) is 28.0. The first-order valence-electron chi connectivity index (χ1n) is 9.51. The maximum absolute atomic E-state index is 12.6. The molecule has 1 aromatic carbocycles. The summed E-state index contributed by atoms with van der Waals surface area (Å²) in [6.07, 6.45) is 5.69. The van der Waals surface area contributed by atoms with Crippen LogP contribution in [0.2, 0.25) is 0 Å². The average molecular weight is 394 g/mol. The molecule has 0 saturated carbocycles. The van der Waals surface area contributed by atoms with Gasteiger partial charge in [-0.25, -0.2) is 0 Å². The lowest BCUT2D eigenvalue weighted by Gasteiger charge is -2.17. The van der Waals surface area contributed by atoms with Gasteiger partial charge in [-0.05, 0) is 67.0 Å². The highest BCUT2D eigenvalue weighted by Gasteiger charge is 2.27. The molecule has 0 radical (unpaired) electrons. The van der Waals surface area contributed by atoms with Gasteiger partial charge < -0.3 is 14.6 Å². The second kappa shape index (κ2) is 8.44. The zero-order valence-corrected chi connectivity index (χ0v) is 16.3. The van der Waals surface area contributed by atoms with Crippen LogP contribution in [-0.4, -0.2) is 18.4 Å². The monoisotopic (exact) mass is 394 g/mol. The Labute approximate surface area is 168 Å². The molecule has 6 heteroatoms. The van der Waals surface area contributed by atoms with Crippen molar-refractivity contribution in [1.29, 1.82) is 0 Å². The number of carbonyl (C=O) groups excluding carboxylic acids is 2. The lowest BCUT2D eigenvalue weighted by atomic mass is 10.1. The number of rotatable bonds is 7. The Morgan fingerprint density at radius 3 is 2.86 bits per heavy atom. The van der Waals surface area contributed by atoms with Crippen molar-refractivity contribution >= 4 is 34.5 Å². The fourth-order valence-electron chi connectivity index (χ4n) is 3.46. The van der Waals surface area contributed by atoms with Crippen LogP contribution in [0.1, 0.15) is 40.3 Å². The van der Waals surface area contributed by atoms with Crippen molar-refractivity contribution in [3.8, 4) is 0 Å². The van der Waals surface area contributed by atoms with E-state index >= 15 is 0 Å². The van der Waals surface area contributed by atoms with Crippen LogP contribution in [0.4, 0.5) is 11.4 Å². The van der Waals surface area contributed by atoms with Crippen molar-refractivity contribution in [3.63, 3.8) is 0 Å². The maximum atomic E-state index is 12.6. The van der Waals surface area contributed by atoms with Crippen molar-refractivity contribution in [2.75, 3.05) is 16.8 Å². The predicted octanol–water partition coefficient (Wildman–Crippen LogP) is 4.90. The molecular weight excluding hydrogens is 372 g/mol. The summed E-state index contributed by atoms with van der Waals surface area (Å²) >= 11 is 1.76. The standard InChI is InChI=1S/C22H22N2O3S/c25-21(8-2-1-5-18-6-4-14-28-18)23-17-10-9-16-11-12-24(19(16)15-17)22(26)20-7-3-13-27-20/h3-4,6-7,9-10,13-15H,1-2,5,8,11-12H2,(H,23,25). The molecule has 0 fully saturated rings. The molecule has 0 saturated heterocycles. The Kier molecular flexibility index (Phi) is 5.58. The minimum Gasteiger partial charge on any atom is -0.459 e. The Balaban J connectivity index is 1.34. The lowest BCUT2D eigenvalue weighted by Crippen LogP contribution is -2.28. The lowest BCUT2D eigenvalue weighted by molar-refractivity contribution is -0.116. The van der Waals surface area contributed by atoms with Gasteiger partial charge in [0.15, 0.2) is 5.76 Å². The Hall–Kier alpha value is -2.86. The van der Waals surface area contributed by atoms with Crippen molar-refractivity contribution in [2.45, 2.75) is 32.1 Å². The molecule has 0 bridgehead atoms. The van der Waals surface area contributed by atoms with Gasteiger partial charge in [-0.2, -0.15) is 0 Å². The summed E-state index contributed by atoms with van der Waals surface area (Å²) < 4.78 is 5.24. The highest BCUT2D eigenvalue weighted by atomic mass is 32.1. The number of hydrogen-bond donors (Lipinski definition) is 1. The summed E-state index contributed by atoms with van der Waals surface area (Å²) in [5.41, 5.74) is 2.67. The van der Waals surface area contributed by atoms with Gasteiger partial charge >= 0.3 is 0 Å². The maximum Gasteiger partial charge on any atom is 0.293 e. The quantitative estimate of drug-likeness (QED) is 0.580. The van der Waals surface area contributed by atoms with Crippen LogP contribution in [0, 0.1) is 0 Å². The smallest absolute Gasteiger partial charge is 0.293 e. The second-order valence-corrected chi connectivity index (χ2v) is 7.89. The minimum atomic E-state index is -0.152. The molecule has 3 heterocycles. The predicted molar refractivity (Wildman–Crippen MR) is 111 cm³/mol. The van der Waals surface area contributed by atoms with Crippen LogP contribution in [-0.2, 0) is 17.6 Å². The normalized spacial score (nSPS) is 12.8.